The molecule has 16 heavy (non-hydrogen) atoms. The number of aldehydes is 1. The van der Waals surface area contributed by atoms with E-state index < -0.39 is 41.4 Å². The van der Waals surface area contributed by atoms with Crippen LogP contribution in [0.1, 0.15) is 0 Å². The number of hydrogen-bond donors (Lipinski definition) is 5. The van der Waals surface area contributed by atoms with Crippen molar-refractivity contribution >= 4 is 16.7 Å². The second-order valence-electron chi connectivity index (χ2n) is 2.97. The molecule has 10 heteroatoms. The summed E-state index contributed by atoms with van der Waals surface area (Å²) in [7, 11) is -4.76. The molecule has 9 nitrogen and oxygen atoms in total. The highest BCUT2D eigenvalue weighted by Crippen LogP contribution is 2.04. The minimum absolute atomic E-state index is 0.143. The molecule has 0 radical (unpaired) electrons. The lowest BCUT2D eigenvalue weighted by Gasteiger charge is -2.23. The van der Waals surface area contributed by atoms with Gasteiger partial charge in [-0.1, -0.05) is 0 Å². The SMILES string of the molecule is N[C@@H](C=O)[C@@H](O)[C@@H](O)[C@H](O)COS(=O)(=O)O. The maximum absolute atomic E-state index is 10.1. The standard InChI is InChI=1S/C6H13NO8S/c7-3(1-8)5(10)6(11)4(9)2-15-16(12,13)14/h1,3-6,9-11H,2,7H2,(H,12,13,14)/t3-,4+,5+,6-/m0/s1. The molecule has 0 amide bonds. The molecule has 0 rings (SSSR count). The molecule has 0 unspecified atom stereocenters. The Morgan fingerprint density at radius 2 is 1.75 bits per heavy atom. The molecule has 0 aromatic carbocycles. The van der Waals surface area contributed by atoms with Crippen molar-refractivity contribution in [2.45, 2.75) is 24.4 Å². The van der Waals surface area contributed by atoms with E-state index in [1.165, 1.54) is 0 Å². The predicted molar refractivity (Wildman–Crippen MR) is 49.6 cm³/mol. The molecule has 0 fully saturated rings. The average molecular weight is 259 g/mol. The van der Waals surface area contributed by atoms with Crippen molar-refractivity contribution in [1.29, 1.82) is 0 Å². The summed E-state index contributed by atoms with van der Waals surface area (Å²) in [5, 5.41) is 27.5. The van der Waals surface area contributed by atoms with E-state index in [9.17, 15) is 18.3 Å². The molecule has 0 aromatic heterocycles. The molecule has 0 heterocycles. The third kappa shape index (κ3) is 5.46. The minimum atomic E-state index is -4.76. The molecule has 0 bridgehead atoms. The van der Waals surface area contributed by atoms with Crippen molar-refractivity contribution in [3.05, 3.63) is 0 Å². The minimum Gasteiger partial charge on any atom is -0.388 e. The number of rotatable bonds is 7. The fourth-order valence-corrected chi connectivity index (χ4v) is 1.10. The summed E-state index contributed by atoms with van der Waals surface area (Å²) in [6.45, 7) is -0.983. The van der Waals surface area contributed by atoms with Crippen LogP contribution in [-0.4, -0.2) is 65.5 Å². The van der Waals surface area contributed by atoms with E-state index in [2.05, 4.69) is 4.18 Å². The van der Waals surface area contributed by atoms with Gasteiger partial charge in [0.2, 0.25) is 0 Å². The van der Waals surface area contributed by atoms with Crippen LogP contribution in [0, 0.1) is 0 Å². The average Bonchev–Trinajstić information content (AvgIpc) is 2.21. The van der Waals surface area contributed by atoms with E-state index in [0.29, 0.717) is 0 Å². The van der Waals surface area contributed by atoms with Crippen LogP contribution in [0.3, 0.4) is 0 Å². The maximum Gasteiger partial charge on any atom is 0.397 e. The fourth-order valence-electron chi connectivity index (χ4n) is 0.790. The van der Waals surface area contributed by atoms with Gasteiger partial charge in [0.25, 0.3) is 0 Å². The van der Waals surface area contributed by atoms with Crippen LogP contribution in [0.25, 0.3) is 0 Å². The normalized spacial score (nSPS) is 19.8. The summed E-state index contributed by atoms with van der Waals surface area (Å²) < 4.78 is 32.1. The number of aliphatic hydroxyl groups excluding tert-OH is 3. The third-order valence-electron chi connectivity index (χ3n) is 1.68. The summed E-state index contributed by atoms with van der Waals surface area (Å²) >= 11 is 0. The topological polar surface area (TPSA) is 167 Å². The Hall–Kier alpha value is -0.620. The van der Waals surface area contributed by atoms with Gasteiger partial charge in [0.05, 0.1) is 12.6 Å². The number of hydrogen-bond acceptors (Lipinski definition) is 8. The summed E-state index contributed by atoms with van der Waals surface area (Å²) in [4.78, 5) is 10.1. The van der Waals surface area contributed by atoms with E-state index in [1.54, 1.807) is 0 Å². The number of carbonyl (C=O) groups excluding carboxylic acids is 1. The number of carbonyl (C=O) groups is 1. The Labute approximate surface area is 91.4 Å². The number of aliphatic hydroxyl groups is 3. The fraction of sp³-hybridized carbons (Fsp3) is 0.833. The molecule has 0 aromatic rings. The summed E-state index contributed by atoms with van der Waals surface area (Å²) in [5.74, 6) is 0. The lowest BCUT2D eigenvalue weighted by atomic mass is 10.0. The smallest absolute Gasteiger partial charge is 0.388 e. The van der Waals surface area contributed by atoms with Crippen LogP contribution in [0.4, 0.5) is 0 Å². The first-order valence-electron chi connectivity index (χ1n) is 4.06. The first kappa shape index (κ1) is 15.4. The zero-order valence-corrected chi connectivity index (χ0v) is 8.82. The van der Waals surface area contributed by atoms with Crippen LogP contribution in [0.5, 0.6) is 0 Å². The Bertz CT molecular complexity index is 316. The molecule has 0 aliphatic rings. The van der Waals surface area contributed by atoms with Crippen molar-refractivity contribution in [2.75, 3.05) is 6.61 Å². The highest BCUT2D eigenvalue weighted by atomic mass is 32.3. The van der Waals surface area contributed by atoms with Gasteiger partial charge in [-0.05, 0) is 0 Å². The predicted octanol–water partition coefficient (Wildman–Crippen LogP) is -3.59. The van der Waals surface area contributed by atoms with Crippen LogP contribution >= 0.6 is 0 Å². The van der Waals surface area contributed by atoms with Crippen molar-refractivity contribution in [3.8, 4) is 0 Å². The van der Waals surface area contributed by atoms with E-state index >= 15 is 0 Å². The van der Waals surface area contributed by atoms with Gasteiger partial charge >= 0.3 is 10.4 Å². The first-order chi connectivity index (χ1) is 7.19. The van der Waals surface area contributed by atoms with Gasteiger partial charge in [0.15, 0.2) is 0 Å². The molecule has 0 saturated heterocycles. The zero-order valence-electron chi connectivity index (χ0n) is 8.00. The summed E-state index contributed by atoms with van der Waals surface area (Å²) in [6.07, 6.45) is -5.35. The van der Waals surface area contributed by atoms with Gasteiger partial charge in [-0.15, -0.1) is 0 Å². The highest BCUT2D eigenvalue weighted by Gasteiger charge is 2.30. The summed E-state index contributed by atoms with van der Waals surface area (Å²) in [6, 6.07) is -1.43. The zero-order chi connectivity index (χ0) is 12.9. The highest BCUT2D eigenvalue weighted by molar-refractivity contribution is 7.80. The molecular weight excluding hydrogens is 246 g/mol. The largest absolute Gasteiger partial charge is 0.397 e. The third-order valence-corrected chi connectivity index (χ3v) is 2.12. The molecule has 6 N–H and O–H groups in total. The van der Waals surface area contributed by atoms with Gasteiger partial charge < -0.3 is 25.8 Å². The first-order valence-corrected chi connectivity index (χ1v) is 5.42. The van der Waals surface area contributed by atoms with Crippen LogP contribution in [0.15, 0.2) is 0 Å². The van der Waals surface area contributed by atoms with Crippen molar-refractivity contribution in [1.82, 2.24) is 0 Å². The Morgan fingerprint density at radius 3 is 2.12 bits per heavy atom. The lowest BCUT2D eigenvalue weighted by Crippen LogP contribution is -2.50. The van der Waals surface area contributed by atoms with Gasteiger partial charge in [-0.25, -0.2) is 4.18 Å². The summed E-state index contributed by atoms with van der Waals surface area (Å²) in [5.41, 5.74) is 5.04. The van der Waals surface area contributed by atoms with Crippen molar-refractivity contribution < 1.29 is 37.3 Å². The number of nitrogens with two attached hydrogens (primary N) is 1. The second kappa shape index (κ2) is 6.20. The maximum atomic E-state index is 10.1. The quantitative estimate of drug-likeness (QED) is 0.229. The van der Waals surface area contributed by atoms with E-state index in [0.717, 1.165) is 0 Å². The van der Waals surface area contributed by atoms with Crippen LogP contribution in [-0.2, 0) is 19.4 Å². The van der Waals surface area contributed by atoms with Crippen LogP contribution in [0.2, 0.25) is 0 Å². The van der Waals surface area contributed by atoms with E-state index in [1.807, 2.05) is 0 Å². The molecule has 96 valence electrons. The molecule has 0 aliphatic carbocycles. The molecule has 0 saturated carbocycles. The molecular formula is C6H13NO8S. The molecule has 4 atom stereocenters. The van der Waals surface area contributed by atoms with Gasteiger partial charge in [-0.2, -0.15) is 8.42 Å². The molecule has 0 spiro atoms. The van der Waals surface area contributed by atoms with Crippen molar-refractivity contribution in [3.63, 3.8) is 0 Å². The second-order valence-corrected chi connectivity index (χ2v) is 4.07. The van der Waals surface area contributed by atoms with Gasteiger partial charge in [0, 0.05) is 0 Å². The van der Waals surface area contributed by atoms with Crippen LogP contribution < -0.4 is 5.73 Å². The van der Waals surface area contributed by atoms with E-state index in [4.69, 9.17) is 20.5 Å². The Morgan fingerprint density at radius 1 is 1.25 bits per heavy atom. The molecule has 0 aliphatic heterocycles. The Balaban J connectivity index is 4.27. The monoisotopic (exact) mass is 259 g/mol. The van der Waals surface area contributed by atoms with Gasteiger partial charge in [0.1, 0.15) is 24.6 Å². The van der Waals surface area contributed by atoms with E-state index in [-0.39, 0.29) is 6.29 Å². The van der Waals surface area contributed by atoms with Crippen molar-refractivity contribution in [2.24, 2.45) is 5.73 Å². The van der Waals surface area contributed by atoms with Gasteiger partial charge in [-0.3, -0.25) is 4.55 Å². The Kier molecular flexibility index (Phi) is 5.96. The lowest BCUT2D eigenvalue weighted by molar-refractivity contribution is -0.117.